The number of rotatable bonds is 3. The predicted molar refractivity (Wildman–Crippen MR) is 70.3 cm³/mol. The summed E-state index contributed by atoms with van der Waals surface area (Å²) in [5.41, 5.74) is 7.59. The summed E-state index contributed by atoms with van der Waals surface area (Å²) in [5, 5.41) is 16.8. The van der Waals surface area contributed by atoms with Gasteiger partial charge >= 0.3 is 0 Å². The van der Waals surface area contributed by atoms with E-state index >= 15 is 0 Å². The van der Waals surface area contributed by atoms with Crippen LogP contribution in [0.4, 0.5) is 5.82 Å². The Morgan fingerprint density at radius 1 is 1.32 bits per heavy atom. The molecule has 0 atom stereocenters. The van der Waals surface area contributed by atoms with Crippen LogP contribution in [-0.4, -0.2) is 26.3 Å². The van der Waals surface area contributed by atoms with Crippen molar-refractivity contribution in [2.75, 3.05) is 5.73 Å². The number of para-hydroxylation sites is 1. The molecule has 0 saturated carbocycles. The van der Waals surface area contributed by atoms with E-state index in [0.29, 0.717) is 18.1 Å². The summed E-state index contributed by atoms with van der Waals surface area (Å²) in [6, 6.07) is 7.46. The molecule has 0 aliphatic rings. The van der Waals surface area contributed by atoms with Crippen molar-refractivity contribution in [2.24, 2.45) is 0 Å². The molecular weight excluding hydrogens is 244 g/mol. The van der Waals surface area contributed by atoms with E-state index in [9.17, 15) is 4.79 Å². The Bertz CT molecular complexity index is 728. The largest absolute Gasteiger partial charge is 0.384 e. The van der Waals surface area contributed by atoms with Gasteiger partial charge in [0.05, 0.1) is 11.7 Å². The molecule has 0 bridgehead atoms. The lowest BCUT2D eigenvalue weighted by molar-refractivity contribution is 0.0947. The van der Waals surface area contributed by atoms with Gasteiger partial charge in [0.15, 0.2) is 5.69 Å². The summed E-state index contributed by atoms with van der Waals surface area (Å²) in [6.45, 7) is 0.308. The van der Waals surface area contributed by atoms with Gasteiger partial charge in [-0.2, -0.15) is 10.2 Å². The lowest BCUT2D eigenvalue weighted by atomic mass is 10.2. The van der Waals surface area contributed by atoms with Crippen LogP contribution in [0.1, 0.15) is 16.1 Å². The molecule has 0 aliphatic carbocycles. The van der Waals surface area contributed by atoms with Crippen molar-refractivity contribution in [3.63, 3.8) is 0 Å². The zero-order valence-electron chi connectivity index (χ0n) is 9.97. The van der Waals surface area contributed by atoms with Gasteiger partial charge in [0.25, 0.3) is 5.91 Å². The summed E-state index contributed by atoms with van der Waals surface area (Å²) < 4.78 is 0. The number of hydrogen-bond donors (Lipinski definition) is 4. The van der Waals surface area contributed by atoms with Crippen molar-refractivity contribution < 1.29 is 4.79 Å². The first-order valence-corrected chi connectivity index (χ1v) is 5.74. The number of benzene rings is 1. The Morgan fingerprint density at radius 3 is 2.95 bits per heavy atom. The molecule has 96 valence electrons. The minimum absolute atomic E-state index is 0.252. The van der Waals surface area contributed by atoms with Gasteiger partial charge in [0.1, 0.15) is 5.82 Å². The van der Waals surface area contributed by atoms with E-state index in [-0.39, 0.29) is 5.91 Å². The highest BCUT2D eigenvalue weighted by Crippen LogP contribution is 2.15. The topological polar surface area (TPSA) is 112 Å². The van der Waals surface area contributed by atoms with Crippen molar-refractivity contribution in [3.8, 4) is 0 Å². The number of hydrogen-bond acceptors (Lipinski definition) is 4. The minimum atomic E-state index is -0.252. The number of anilines is 1. The molecule has 3 rings (SSSR count). The van der Waals surface area contributed by atoms with Gasteiger partial charge in [-0.05, 0) is 6.07 Å². The molecule has 5 N–H and O–H groups in total. The number of nitrogens with one attached hydrogen (secondary N) is 3. The van der Waals surface area contributed by atoms with Crippen molar-refractivity contribution >= 4 is 22.6 Å². The first-order valence-electron chi connectivity index (χ1n) is 5.74. The number of aromatic nitrogens is 4. The standard InChI is InChI=1S/C12H12N6O/c13-11-7(6-15-18-11)5-14-12(19)10-8-3-1-2-4-9(8)16-17-10/h1-4,6H,5H2,(H,14,19)(H,16,17)(H3,13,15,18). The molecule has 1 amide bonds. The molecule has 2 aromatic heterocycles. The average molecular weight is 256 g/mol. The summed E-state index contributed by atoms with van der Waals surface area (Å²) in [4.78, 5) is 12.1. The maximum Gasteiger partial charge on any atom is 0.272 e. The number of amides is 1. The molecule has 7 nitrogen and oxygen atoms in total. The van der Waals surface area contributed by atoms with Gasteiger partial charge in [0.2, 0.25) is 0 Å². The highest BCUT2D eigenvalue weighted by atomic mass is 16.1. The Kier molecular flexibility index (Phi) is 2.64. The second kappa shape index (κ2) is 4.45. The van der Waals surface area contributed by atoms with E-state index in [4.69, 9.17) is 5.73 Å². The molecule has 0 unspecified atom stereocenters. The fourth-order valence-electron chi connectivity index (χ4n) is 1.86. The fourth-order valence-corrected chi connectivity index (χ4v) is 1.86. The smallest absolute Gasteiger partial charge is 0.272 e. The Hall–Kier alpha value is -2.83. The molecule has 3 aromatic rings. The van der Waals surface area contributed by atoms with Crippen LogP contribution in [0.2, 0.25) is 0 Å². The highest BCUT2D eigenvalue weighted by Gasteiger charge is 2.13. The van der Waals surface area contributed by atoms with E-state index < -0.39 is 0 Å². The number of carbonyl (C=O) groups excluding carboxylic acids is 1. The van der Waals surface area contributed by atoms with Crippen molar-refractivity contribution in [3.05, 3.63) is 41.7 Å². The fraction of sp³-hybridized carbons (Fsp3) is 0.0833. The van der Waals surface area contributed by atoms with Crippen molar-refractivity contribution in [2.45, 2.75) is 6.54 Å². The van der Waals surface area contributed by atoms with E-state index in [1.54, 1.807) is 6.20 Å². The van der Waals surface area contributed by atoms with Gasteiger partial charge in [-0.15, -0.1) is 0 Å². The van der Waals surface area contributed by atoms with Crippen LogP contribution in [0.3, 0.4) is 0 Å². The number of carbonyl (C=O) groups is 1. The van der Waals surface area contributed by atoms with Crippen LogP contribution in [0.15, 0.2) is 30.5 Å². The minimum Gasteiger partial charge on any atom is -0.384 e. The Balaban J connectivity index is 1.79. The molecular formula is C12H12N6O. The molecule has 19 heavy (non-hydrogen) atoms. The summed E-state index contributed by atoms with van der Waals surface area (Å²) in [5.74, 6) is 0.199. The molecule has 2 heterocycles. The summed E-state index contributed by atoms with van der Waals surface area (Å²) >= 11 is 0. The van der Waals surface area contributed by atoms with Crippen LogP contribution in [-0.2, 0) is 6.54 Å². The third kappa shape index (κ3) is 2.01. The number of nitrogens with two attached hydrogens (primary N) is 1. The molecule has 0 fully saturated rings. The lowest BCUT2D eigenvalue weighted by Crippen LogP contribution is -2.23. The molecule has 0 spiro atoms. The highest BCUT2D eigenvalue weighted by molar-refractivity contribution is 6.04. The summed E-state index contributed by atoms with van der Waals surface area (Å²) in [7, 11) is 0. The van der Waals surface area contributed by atoms with Crippen LogP contribution < -0.4 is 11.1 Å². The van der Waals surface area contributed by atoms with Crippen LogP contribution >= 0.6 is 0 Å². The second-order valence-electron chi connectivity index (χ2n) is 4.11. The van der Waals surface area contributed by atoms with Crippen LogP contribution in [0.25, 0.3) is 10.9 Å². The van der Waals surface area contributed by atoms with E-state index in [1.807, 2.05) is 24.3 Å². The van der Waals surface area contributed by atoms with Crippen LogP contribution in [0.5, 0.6) is 0 Å². The molecule has 0 radical (unpaired) electrons. The maximum absolute atomic E-state index is 12.1. The third-order valence-corrected chi connectivity index (χ3v) is 2.88. The van der Waals surface area contributed by atoms with Gasteiger partial charge < -0.3 is 11.1 Å². The maximum atomic E-state index is 12.1. The third-order valence-electron chi connectivity index (χ3n) is 2.88. The summed E-state index contributed by atoms with van der Waals surface area (Å²) in [6.07, 6.45) is 1.58. The molecule has 7 heteroatoms. The van der Waals surface area contributed by atoms with Gasteiger partial charge in [-0.3, -0.25) is 15.0 Å². The van der Waals surface area contributed by atoms with E-state index in [2.05, 4.69) is 25.7 Å². The number of H-pyrrole nitrogens is 2. The molecule has 1 aromatic carbocycles. The van der Waals surface area contributed by atoms with Crippen LogP contribution in [0, 0.1) is 0 Å². The van der Waals surface area contributed by atoms with Gasteiger partial charge in [-0.1, -0.05) is 18.2 Å². The first-order chi connectivity index (χ1) is 9.25. The molecule has 0 aliphatic heterocycles. The first kappa shape index (κ1) is 11.3. The zero-order chi connectivity index (χ0) is 13.2. The zero-order valence-corrected chi connectivity index (χ0v) is 9.97. The number of aromatic amines is 2. The monoisotopic (exact) mass is 256 g/mol. The van der Waals surface area contributed by atoms with Crippen molar-refractivity contribution in [1.29, 1.82) is 0 Å². The van der Waals surface area contributed by atoms with E-state index in [1.165, 1.54) is 0 Å². The number of nitrogens with zero attached hydrogens (tertiary/aromatic N) is 2. The molecule has 0 saturated heterocycles. The quantitative estimate of drug-likeness (QED) is 0.555. The Morgan fingerprint density at radius 2 is 2.16 bits per heavy atom. The van der Waals surface area contributed by atoms with E-state index in [0.717, 1.165) is 16.5 Å². The SMILES string of the molecule is Nc1[nH]ncc1CNC(=O)c1n[nH]c2ccccc12. The number of nitrogen functional groups attached to an aromatic ring is 1. The van der Waals surface area contributed by atoms with Gasteiger partial charge in [-0.25, -0.2) is 0 Å². The second-order valence-corrected chi connectivity index (χ2v) is 4.11. The lowest BCUT2D eigenvalue weighted by Gasteiger charge is -2.02. The van der Waals surface area contributed by atoms with Crippen molar-refractivity contribution in [1.82, 2.24) is 25.7 Å². The average Bonchev–Trinajstić information content (AvgIpc) is 3.02. The predicted octanol–water partition coefficient (Wildman–Crippen LogP) is 0.798. The number of fused-ring (bicyclic) bond motifs is 1. The normalized spacial score (nSPS) is 10.7. The van der Waals surface area contributed by atoms with Gasteiger partial charge in [0, 0.05) is 17.5 Å². The Labute approximate surface area is 108 Å².